The molecule has 0 bridgehead atoms. The molecule has 0 aliphatic carbocycles. The normalized spacial score (nSPS) is 12.6. The predicted molar refractivity (Wildman–Crippen MR) is 57.3 cm³/mol. The Bertz CT molecular complexity index is 162. The third-order valence-electron chi connectivity index (χ3n) is 2.20. The smallest absolute Gasteiger partial charge is 0.239 e. The number of hydrogen-bond acceptors (Lipinski definition) is 3. The molecule has 0 aliphatic rings. The quantitative estimate of drug-likeness (QED) is 0.611. The maximum Gasteiger partial charge on any atom is 0.239 e. The molecular weight excluding hydrogens is 180 g/mol. The van der Waals surface area contributed by atoms with Crippen LogP contribution < -0.4 is 5.32 Å². The zero-order valence-electron chi connectivity index (χ0n) is 9.67. The number of carbonyl (C=O) groups excluding carboxylic acids is 1. The zero-order valence-corrected chi connectivity index (χ0v) is 9.67. The van der Waals surface area contributed by atoms with E-state index in [1.54, 1.807) is 12.0 Å². The number of likely N-dealkylation sites (N-methyl/N-ethyl adjacent to an activating group) is 1. The van der Waals surface area contributed by atoms with Crippen LogP contribution in [0.4, 0.5) is 0 Å². The molecule has 0 rings (SSSR count). The Morgan fingerprint density at radius 1 is 1.57 bits per heavy atom. The van der Waals surface area contributed by atoms with Crippen LogP contribution in [0.5, 0.6) is 0 Å². The fourth-order valence-electron chi connectivity index (χ4n) is 1.11. The van der Waals surface area contributed by atoms with Crippen molar-refractivity contribution in [3.8, 4) is 0 Å². The highest BCUT2D eigenvalue weighted by Gasteiger charge is 2.14. The first-order valence-corrected chi connectivity index (χ1v) is 5.10. The van der Waals surface area contributed by atoms with E-state index in [1.165, 1.54) is 0 Å². The summed E-state index contributed by atoms with van der Waals surface area (Å²) >= 11 is 0. The standard InChI is InChI=1S/C10H22N2O2/c1-5-12(3)10(13)9(2)11-7-6-8-14-4/h9,11H,5-8H2,1-4H3. The molecule has 1 N–H and O–H groups in total. The van der Waals surface area contributed by atoms with Crippen LogP contribution in [-0.4, -0.2) is 50.7 Å². The highest BCUT2D eigenvalue weighted by Crippen LogP contribution is 1.91. The highest BCUT2D eigenvalue weighted by atomic mass is 16.5. The maximum absolute atomic E-state index is 11.6. The molecule has 0 saturated heterocycles. The van der Waals surface area contributed by atoms with Gasteiger partial charge in [0.25, 0.3) is 0 Å². The van der Waals surface area contributed by atoms with Gasteiger partial charge < -0.3 is 15.0 Å². The lowest BCUT2D eigenvalue weighted by atomic mass is 10.3. The van der Waals surface area contributed by atoms with Crippen LogP contribution in [0.3, 0.4) is 0 Å². The van der Waals surface area contributed by atoms with Gasteiger partial charge in [-0.3, -0.25) is 4.79 Å². The average molecular weight is 202 g/mol. The molecule has 0 aromatic heterocycles. The van der Waals surface area contributed by atoms with Crippen molar-refractivity contribution in [1.82, 2.24) is 10.2 Å². The number of nitrogens with one attached hydrogen (secondary N) is 1. The van der Waals surface area contributed by atoms with Crippen LogP contribution in [0.1, 0.15) is 20.3 Å². The van der Waals surface area contributed by atoms with Crippen molar-refractivity contribution in [1.29, 1.82) is 0 Å². The van der Waals surface area contributed by atoms with Crippen LogP contribution in [-0.2, 0) is 9.53 Å². The Hall–Kier alpha value is -0.610. The summed E-state index contributed by atoms with van der Waals surface area (Å²) in [5, 5.41) is 3.16. The lowest BCUT2D eigenvalue weighted by Gasteiger charge is -2.20. The van der Waals surface area contributed by atoms with E-state index in [9.17, 15) is 4.79 Å². The zero-order chi connectivity index (χ0) is 11.0. The average Bonchev–Trinajstić information content (AvgIpc) is 2.21. The van der Waals surface area contributed by atoms with Gasteiger partial charge in [-0.1, -0.05) is 0 Å². The summed E-state index contributed by atoms with van der Waals surface area (Å²) in [6.07, 6.45) is 0.934. The molecular formula is C10H22N2O2. The Morgan fingerprint density at radius 3 is 2.71 bits per heavy atom. The summed E-state index contributed by atoms with van der Waals surface area (Å²) in [7, 11) is 3.50. The fourth-order valence-corrected chi connectivity index (χ4v) is 1.11. The van der Waals surface area contributed by atoms with E-state index < -0.39 is 0 Å². The van der Waals surface area contributed by atoms with Gasteiger partial charge in [0, 0.05) is 27.3 Å². The Labute approximate surface area is 86.6 Å². The van der Waals surface area contributed by atoms with Gasteiger partial charge in [-0.2, -0.15) is 0 Å². The van der Waals surface area contributed by atoms with Gasteiger partial charge >= 0.3 is 0 Å². The SMILES string of the molecule is CCN(C)C(=O)C(C)NCCCOC. The van der Waals surface area contributed by atoms with Crippen molar-refractivity contribution < 1.29 is 9.53 Å². The van der Waals surface area contributed by atoms with Gasteiger partial charge in [0.1, 0.15) is 0 Å². The van der Waals surface area contributed by atoms with E-state index in [0.29, 0.717) is 0 Å². The number of amides is 1. The number of ether oxygens (including phenoxy) is 1. The lowest BCUT2D eigenvalue weighted by molar-refractivity contribution is -0.131. The Kier molecular flexibility index (Phi) is 7.42. The maximum atomic E-state index is 11.6. The van der Waals surface area contributed by atoms with Gasteiger partial charge in [-0.25, -0.2) is 0 Å². The Balaban J connectivity index is 3.62. The highest BCUT2D eigenvalue weighted by molar-refractivity contribution is 5.81. The van der Waals surface area contributed by atoms with Gasteiger partial charge in [0.15, 0.2) is 0 Å². The van der Waals surface area contributed by atoms with Crippen molar-refractivity contribution in [3.63, 3.8) is 0 Å². The number of methoxy groups -OCH3 is 1. The van der Waals surface area contributed by atoms with E-state index in [0.717, 1.165) is 26.1 Å². The Morgan fingerprint density at radius 2 is 2.21 bits per heavy atom. The summed E-state index contributed by atoms with van der Waals surface area (Å²) in [5.41, 5.74) is 0. The molecule has 0 aliphatic heterocycles. The molecule has 1 amide bonds. The van der Waals surface area contributed by atoms with Crippen LogP contribution in [0.2, 0.25) is 0 Å². The fraction of sp³-hybridized carbons (Fsp3) is 0.900. The molecule has 0 spiro atoms. The molecule has 0 heterocycles. The first kappa shape index (κ1) is 13.4. The molecule has 0 saturated carbocycles. The number of hydrogen-bond donors (Lipinski definition) is 1. The van der Waals surface area contributed by atoms with Crippen molar-refractivity contribution in [3.05, 3.63) is 0 Å². The van der Waals surface area contributed by atoms with Crippen molar-refractivity contribution in [2.75, 3.05) is 33.9 Å². The van der Waals surface area contributed by atoms with Gasteiger partial charge in [0.05, 0.1) is 6.04 Å². The molecule has 1 unspecified atom stereocenters. The second-order valence-electron chi connectivity index (χ2n) is 3.37. The number of nitrogens with zero attached hydrogens (tertiary/aromatic N) is 1. The van der Waals surface area contributed by atoms with Crippen LogP contribution in [0.25, 0.3) is 0 Å². The van der Waals surface area contributed by atoms with Gasteiger partial charge in [-0.15, -0.1) is 0 Å². The summed E-state index contributed by atoms with van der Waals surface area (Å²) < 4.78 is 4.92. The third-order valence-corrected chi connectivity index (χ3v) is 2.20. The third kappa shape index (κ3) is 5.19. The van der Waals surface area contributed by atoms with Gasteiger partial charge in [0.2, 0.25) is 5.91 Å². The van der Waals surface area contributed by atoms with Crippen molar-refractivity contribution >= 4 is 5.91 Å². The van der Waals surface area contributed by atoms with Crippen molar-refractivity contribution in [2.45, 2.75) is 26.3 Å². The molecule has 0 aromatic rings. The summed E-state index contributed by atoms with van der Waals surface area (Å²) in [4.78, 5) is 13.3. The minimum Gasteiger partial charge on any atom is -0.385 e. The van der Waals surface area contributed by atoms with Crippen LogP contribution in [0.15, 0.2) is 0 Å². The van der Waals surface area contributed by atoms with E-state index in [4.69, 9.17) is 4.74 Å². The topological polar surface area (TPSA) is 41.6 Å². The summed E-state index contributed by atoms with van der Waals surface area (Å²) in [5.74, 6) is 0.143. The monoisotopic (exact) mass is 202 g/mol. The minimum absolute atomic E-state index is 0.100. The van der Waals surface area contributed by atoms with E-state index in [-0.39, 0.29) is 11.9 Å². The predicted octanol–water partition coefficient (Wildman–Crippen LogP) is 0.479. The van der Waals surface area contributed by atoms with E-state index >= 15 is 0 Å². The van der Waals surface area contributed by atoms with E-state index in [2.05, 4.69) is 5.32 Å². The molecule has 84 valence electrons. The van der Waals surface area contributed by atoms with E-state index in [1.807, 2.05) is 20.9 Å². The first-order chi connectivity index (χ1) is 6.63. The molecule has 0 fully saturated rings. The van der Waals surface area contributed by atoms with Crippen LogP contribution in [0, 0.1) is 0 Å². The second kappa shape index (κ2) is 7.76. The molecule has 4 nitrogen and oxygen atoms in total. The summed E-state index contributed by atoms with van der Waals surface area (Å²) in [6, 6.07) is -0.100. The van der Waals surface area contributed by atoms with Crippen LogP contribution >= 0.6 is 0 Å². The first-order valence-electron chi connectivity index (χ1n) is 5.10. The van der Waals surface area contributed by atoms with Crippen molar-refractivity contribution in [2.24, 2.45) is 0 Å². The number of rotatable bonds is 7. The number of carbonyl (C=O) groups is 1. The molecule has 14 heavy (non-hydrogen) atoms. The second-order valence-corrected chi connectivity index (χ2v) is 3.37. The minimum atomic E-state index is -0.100. The van der Waals surface area contributed by atoms with Gasteiger partial charge in [-0.05, 0) is 26.8 Å². The molecule has 0 radical (unpaired) electrons. The molecule has 0 aromatic carbocycles. The summed E-state index contributed by atoms with van der Waals surface area (Å²) in [6.45, 7) is 6.16. The molecule has 4 heteroatoms. The largest absolute Gasteiger partial charge is 0.385 e. The lowest BCUT2D eigenvalue weighted by Crippen LogP contribution is -2.43. The molecule has 1 atom stereocenters.